The van der Waals surface area contributed by atoms with E-state index in [9.17, 15) is 0 Å². The van der Waals surface area contributed by atoms with Crippen LogP contribution < -0.4 is 4.90 Å². The van der Waals surface area contributed by atoms with E-state index in [2.05, 4.69) is 109 Å². The molecule has 6 heteroatoms. The zero-order chi connectivity index (χ0) is 34.1. The molecule has 242 valence electrons. The molecule has 1 aliphatic rings. The van der Waals surface area contributed by atoms with Gasteiger partial charge >= 0.3 is 0 Å². The number of furan rings is 1. The molecule has 3 aromatic heterocycles. The van der Waals surface area contributed by atoms with Crippen LogP contribution in [0.25, 0.3) is 66.7 Å². The van der Waals surface area contributed by atoms with Gasteiger partial charge in [-0.2, -0.15) is 9.97 Å². The molecule has 1 aliphatic heterocycles. The zero-order valence-corrected chi connectivity index (χ0v) is 28.1. The molecule has 0 unspecified atom stereocenters. The van der Waals surface area contributed by atoms with Crippen molar-refractivity contribution >= 4 is 50.0 Å². The fourth-order valence-corrected chi connectivity index (χ4v) is 7.78. The number of nitrogens with zero attached hydrogens (tertiary/aromatic N) is 5. The maximum absolute atomic E-state index is 6.89. The summed E-state index contributed by atoms with van der Waals surface area (Å²) in [5.41, 5.74) is 9.33. The predicted molar refractivity (Wildman–Crippen MR) is 206 cm³/mol. The summed E-state index contributed by atoms with van der Waals surface area (Å²) in [6.45, 7) is 4.61. The number of para-hydroxylation sites is 2. The highest BCUT2D eigenvalue weighted by molar-refractivity contribution is 6.25. The minimum Gasteiger partial charge on any atom is -0.454 e. The third kappa shape index (κ3) is 4.50. The van der Waals surface area contributed by atoms with Crippen molar-refractivity contribution in [3.05, 3.63) is 163 Å². The molecule has 9 aromatic rings. The topological polar surface area (TPSA) is 67.9 Å². The lowest BCUT2D eigenvalue weighted by Gasteiger charge is -2.41. The van der Waals surface area contributed by atoms with E-state index in [1.54, 1.807) is 0 Å². The minimum absolute atomic E-state index is 0.366. The molecule has 0 aliphatic carbocycles. The molecule has 0 radical (unpaired) electrons. The van der Waals surface area contributed by atoms with Gasteiger partial charge in [-0.3, -0.25) is 9.88 Å². The molecule has 6 nitrogen and oxygen atoms in total. The van der Waals surface area contributed by atoms with Crippen molar-refractivity contribution in [1.29, 1.82) is 0 Å². The maximum Gasteiger partial charge on any atom is 0.238 e. The molecule has 10 rings (SSSR count). The van der Waals surface area contributed by atoms with E-state index in [0.29, 0.717) is 17.6 Å². The summed E-state index contributed by atoms with van der Waals surface area (Å²) in [5.74, 6) is 1.70. The van der Waals surface area contributed by atoms with Crippen LogP contribution in [0, 0.1) is 0 Å². The summed E-state index contributed by atoms with van der Waals surface area (Å²) in [5, 5.41) is 4.51. The van der Waals surface area contributed by atoms with E-state index in [1.807, 2.05) is 66.9 Å². The predicted octanol–water partition coefficient (Wildman–Crippen LogP) is 11.4. The molecule has 0 N–H and O–H groups in total. The molecule has 0 saturated carbocycles. The number of hydrogen-bond donors (Lipinski definition) is 0. The number of rotatable bonds is 4. The van der Waals surface area contributed by atoms with Crippen molar-refractivity contribution in [2.45, 2.75) is 19.3 Å². The maximum atomic E-state index is 6.89. The Balaban J connectivity index is 1.29. The van der Waals surface area contributed by atoms with Gasteiger partial charge in [-0.1, -0.05) is 135 Å². The van der Waals surface area contributed by atoms with Gasteiger partial charge in [0.25, 0.3) is 0 Å². The molecular formula is C45H31N5O. The second kappa shape index (κ2) is 11.2. The van der Waals surface area contributed by atoms with Gasteiger partial charge in [-0.25, -0.2) is 4.98 Å². The Hall–Kier alpha value is -6.66. The Bertz CT molecular complexity index is 2770. The molecule has 0 amide bonds. The van der Waals surface area contributed by atoms with E-state index in [-0.39, 0.29) is 5.41 Å². The molecular weight excluding hydrogens is 627 g/mol. The summed E-state index contributed by atoms with van der Waals surface area (Å²) in [6, 6.07) is 49.9. The van der Waals surface area contributed by atoms with Crippen molar-refractivity contribution in [3.8, 4) is 34.0 Å². The van der Waals surface area contributed by atoms with Crippen LogP contribution in [-0.2, 0) is 5.41 Å². The zero-order valence-electron chi connectivity index (χ0n) is 28.1. The van der Waals surface area contributed by atoms with E-state index >= 15 is 0 Å². The van der Waals surface area contributed by atoms with Gasteiger partial charge in [-0.15, -0.1) is 0 Å². The second-order valence-electron chi connectivity index (χ2n) is 13.5. The van der Waals surface area contributed by atoms with Gasteiger partial charge in [0.2, 0.25) is 5.95 Å². The highest BCUT2D eigenvalue weighted by atomic mass is 16.3. The Labute approximate surface area is 294 Å². The van der Waals surface area contributed by atoms with Crippen LogP contribution in [0.4, 0.5) is 17.3 Å². The first kappa shape index (κ1) is 29.3. The molecule has 0 atom stereocenters. The summed E-state index contributed by atoms with van der Waals surface area (Å²) in [7, 11) is 0. The van der Waals surface area contributed by atoms with Crippen LogP contribution in [0.2, 0.25) is 0 Å². The molecule has 0 bridgehead atoms. The third-order valence-corrected chi connectivity index (χ3v) is 10.1. The average Bonchev–Trinajstić information content (AvgIpc) is 3.59. The smallest absolute Gasteiger partial charge is 0.238 e. The van der Waals surface area contributed by atoms with Crippen molar-refractivity contribution in [2.24, 2.45) is 0 Å². The van der Waals surface area contributed by atoms with Crippen molar-refractivity contribution in [1.82, 2.24) is 19.9 Å². The third-order valence-electron chi connectivity index (χ3n) is 10.1. The molecule has 51 heavy (non-hydrogen) atoms. The lowest BCUT2D eigenvalue weighted by molar-refractivity contribution is 0.627. The van der Waals surface area contributed by atoms with Gasteiger partial charge in [0.05, 0.1) is 17.1 Å². The molecule has 6 aromatic carbocycles. The van der Waals surface area contributed by atoms with E-state index in [1.165, 1.54) is 16.5 Å². The van der Waals surface area contributed by atoms with E-state index in [0.717, 1.165) is 61.1 Å². The molecule has 0 spiro atoms. The minimum atomic E-state index is -0.366. The second-order valence-corrected chi connectivity index (χ2v) is 13.5. The van der Waals surface area contributed by atoms with Crippen LogP contribution in [-0.4, -0.2) is 19.9 Å². The van der Waals surface area contributed by atoms with Crippen molar-refractivity contribution in [2.75, 3.05) is 4.90 Å². The number of fused-ring (bicyclic) bond motifs is 9. The van der Waals surface area contributed by atoms with Crippen LogP contribution in [0.5, 0.6) is 0 Å². The Morgan fingerprint density at radius 1 is 0.549 bits per heavy atom. The van der Waals surface area contributed by atoms with Gasteiger partial charge in [0.15, 0.2) is 17.2 Å². The fourth-order valence-electron chi connectivity index (χ4n) is 7.78. The first-order valence-corrected chi connectivity index (χ1v) is 17.2. The lowest BCUT2D eigenvalue weighted by Crippen LogP contribution is -2.32. The number of hydrogen-bond acceptors (Lipinski definition) is 6. The molecule has 0 saturated heterocycles. The molecule has 4 heterocycles. The van der Waals surface area contributed by atoms with Crippen LogP contribution in [0.15, 0.2) is 156 Å². The number of pyridine rings is 1. The van der Waals surface area contributed by atoms with Crippen LogP contribution >= 0.6 is 0 Å². The summed E-state index contributed by atoms with van der Waals surface area (Å²) >= 11 is 0. The van der Waals surface area contributed by atoms with E-state index < -0.39 is 0 Å². The largest absolute Gasteiger partial charge is 0.454 e. The van der Waals surface area contributed by atoms with E-state index in [4.69, 9.17) is 19.4 Å². The molecule has 0 fully saturated rings. The van der Waals surface area contributed by atoms with Gasteiger partial charge < -0.3 is 4.42 Å². The average molecular weight is 658 g/mol. The number of aromatic nitrogens is 4. The van der Waals surface area contributed by atoms with Crippen molar-refractivity contribution < 1.29 is 4.42 Å². The first-order valence-electron chi connectivity index (χ1n) is 17.2. The van der Waals surface area contributed by atoms with Crippen LogP contribution in [0.1, 0.15) is 25.0 Å². The first-order chi connectivity index (χ1) is 25.1. The standard InChI is InChI=1S/C45H31N5O/c1-45(2)34-19-9-10-21-36(34)50(40-39(45)32-17-7-6-16-31(32)38-33-18-8-11-22-37(33)51-41(38)40)44-48-42(29-14-4-3-5-15-29)47-43(49-44)30-25-23-28(24-26-30)35-20-12-13-27-46-35/h3-27H,1-2H3. The quantitative estimate of drug-likeness (QED) is 0.188. The Morgan fingerprint density at radius 3 is 1.94 bits per heavy atom. The van der Waals surface area contributed by atoms with Gasteiger partial charge in [0.1, 0.15) is 5.58 Å². The van der Waals surface area contributed by atoms with Crippen LogP contribution in [0.3, 0.4) is 0 Å². The summed E-state index contributed by atoms with van der Waals surface area (Å²) in [6.07, 6.45) is 1.81. The normalized spacial score (nSPS) is 13.4. The lowest BCUT2D eigenvalue weighted by atomic mass is 9.71. The highest BCUT2D eigenvalue weighted by Gasteiger charge is 2.42. The highest BCUT2D eigenvalue weighted by Crippen LogP contribution is 2.57. The fraction of sp³-hybridized carbons (Fsp3) is 0.0667. The number of benzene rings is 6. The van der Waals surface area contributed by atoms with Gasteiger partial charge in [-0.05, 0) is 46.2 Å². The Kier molecular flexibility index (Phi) is 6.42. The summed E-state index contributed by atoms with van der Waals surface area (Å²) in [4.78, 5) is 22.4. The van der Waals surface area contributed by atoms with Gasteiger partial charge in [0, 0.05) is 39.1 Å². The number of anilines is 3. The summed E-state index contributed by atoms with van der Waals surface area (Å²) < 4.78 is 6.89. The monoisotopic (exact) mass is 657 g/mol. The van der Waals surface area contributed by atoms with Crippen molar-refractivity contribution in [3.63, 3.8) is 0 Å². The Morgan fingerprint density at radius 2 is 1.18 bits per heavy atom. The SMILES string of the molecule is CC1(C)c2ccccc2N(c2nc(-c3ccccc3)nc(-c3ccc(-c4ccccn4)cc3)n2)c2c1c1ccccc1c1c2oc2ccccc21.